The minimum absolute atomic E-state index is 0.0133. The van der Waals surface area contributed by atoms with Gasteiger partial charge in [-0.3, -0.25) is 19.4 Å². The SMILES string of the molecule is CN1[C@@H](CCC(=O)NCc2ccco2)CNC(=O)[C@@H]2[C@H]1CCN2Cc1ccc(C(F)(F)F)cc1. The van der Waals surface area contributed by atoms with Crippen LogP contribution in [0.2, 0.25) is 0 Å². The molecule has 4 rings (SSSR count). The third-order valence-corrected chi connectivity index (χ3v) is 6.76. The number of hydrogen-bond donors (Lipinski definition) is 2. The Labute approximate surface area is 196 Å². The molecule has 1 aromatic carbocycles. The molecule has 3 heterocycles. The Morgan fingerprint density at radius 1 is 1.24 bits per heavy atom. The number of alkyl halides is 3. The molecule has 10 heteroatoms. The van der Waals surface area contributed by atoms with E-state index >= 15 is 0 Å². The minimum atomic E-state index is -4.37. The number of furan rings is 1. The zero-order valence-electron chi connectivity index (χ0n) is 19.0. The zero-order valence-corrected chi connectivity index (χ0v) is 19.0. The largest absolute Gasteiger partial charge is 0.467 e. The van der Waals surface area contributed by atoms with E-state index in [-0.39, 0.29) is 29.9 Å². The summed E-state index contributed by atoms with van der Waals surface area (Å²) in [5, 5.41) is 5.84. The molecule has 7 nitrogen and oxygen atoms in total. The summed E-state index contributed by atoms with van der Waals surface area (Å²) in [6.45, 7) is 1.86. The molecular formula is C24H29F3N4O3. The van der Waals surface area contributed by atoms with Crippen LogP contribution in [0.5, 0.6) is 0 Å². The standard InChI is InChI=1S/C24H29F3N4O3/c1-30-18(8-9-21(32)28-14-19-3-2-12-34-19)13-29-23(33)22-20(30)10-11-31(22)15-16-4-6-17(7-5-16)24(25,26)27/h2-7,12,18,20,22H,8-11,13-15H2,1H3,(H,28,32)(H,29,33)/t18-,20+,22-/m0/s1. The van der Waals surface area contributed by atoms with Gasteiger partial charge in [-0.1, -0.05) is 12.1 Å². The first-order valence-electron chi connectivity index (χ1n) is 11.4. The van der Waals surface area contributed by atoms with Crippen LogP contribution in [0.1, 0.15) is 36.1 Å². The van der Waals surface area contributed by atoms with Crippen LogP contribution < -0.4 is 10.6 Å². The lowest BCUT2D eigenvalue weighted by Gasteiger charge is -2.33. The van der Waals surface area contributed by atoms with Crippen molar-refractivity contribution < 1.29 is 27.2 Å². The van der Waals surface area contributed by atoms with Gasteiger partial charge in [-0.25, -0.2) is 0 Å². The van der Waals surface area contributed by atoms with Crippen molar-refractivity contribution in [2.75, 3.05) is 20.1 Å². The summed E-state index contributed by atoms with van der Waals surface area (Å²) in [7, 11) is 1.98. The molecule has 2 N–H and O–H groups in total. The number of nitrogens with zero attached hydrogens (tertiary/aromatic N) is 2. The molecule has 34 heavy (non-hydrogen) atoms. The van der Waals surface area contributed by atoms with Gasteiger partial charge in [-0.05, 0) is 49.7 Å². The van der Waals surface area contributed by atoms with Crippen molar-refractivity contribution in [3.05, 3.63) is 59.5 Å². The topological polar surface area (TPSA) is 77.8 Å². The van der Waals surface area contributed by atoms with Gasteiger partial charge in [0.05, 0.1) is 18.4 Å². The molecule has 2 aliphatic heterocycles. The van der Waals surface area contributed by atoms with E-state index in [0.717, 1.165) is 24.1 Å². The molecule has 2 amide bonds. The molecule has 2 saturated heterocycles. The van der Waals surface area contributed by atoms with E-state index in [1.54, 1.807) is 18.4 Å². The van der Waals surface area contributed by atoms with Crippen molar-refractivity contribution >= 4 is 11.8 Å². The lowest BCUT2D eigenvalue weighted by atomic mass is 10.0. The summed E-state index contributed by atoms with van der Waals surface area (Å²) >= 11 is 0. The maximum atomic E-state index is 12.9. The van der Waals surface area contributed by atoms with E-state index in [4.69, 9.17) is 4.42 Å². The van der Waals surface area contributed by atoms with Crippen LogP contribution in [0.15, 0.2) is 47.1 Å². The van der Waals surface area contributed by atoms with Crippen molar-refractivity contribution in [3.8, 4) is 0 Å². The first-order valence-corrected chi connectivity index (χ1v) is 11.4. The Morgan fingerprint density at radius 3 is 2.68 bits per heavy atom. The highest BCUT2D eigenvalue weighted by Crippen LogP contribution is 2.31. The molecule has 0 spiro atoms. The molecule has 0 bridgehead atoms. The molecule has 184 valence electrons. The average molecular weight is 479 g/mol. The molecule has 3 atom stereocenters. The van der Waals surface area contributed by atoms with Crippen molar-refractivity contribution in [1.29, 1.82) is 0 Å². The van der Waals surface area contributed by atoms with Gasteiger partial charge in [0.15, 0.2) is 0 Å². The number of fused-ring (bicyclic) bond motifs is 1. The summed E-state index contributed by atoms with van der Waals surface area (Å²) in [5.41, 5.74) is 0.0525. The van der Waals surface area contributed by atoms with E-state index in [1.807, 2.05) is 11.9 Å². The van der Waals surface area contributed by atoms with E-state index in [9.17, 15) is 22.8 Å². The Kier molecular flexibility index (Phi) is 7.27. The number of halogens is 3. The second kappa shape index (κ2) is 10.2. The monoisotopic (exact) mass is 478 g/mol. The molecule has 2 aromatic rings. The molecule has 2 fully saturated rings. The van der Waals surface area contributed by atoms with Gasteiger partial charge < -0.3 is 15.1 Å². The normalized spacial score (nSPS) is 23.9. The number of likely N-dealkylation sites (tertiary alicyclic amines) is 1. The van der Waals surface area contributed by atoms with Crippen LogP contribution in [-0.2, 0) is 28.9 Å². The Balaban J connectivity index is 1.34. The van der Waals surface area contributed by atoms with Gasteiger partial charge in [0.2, 0.25) is 11.8 Å². The highest BCUT2D eigenvalue weighted by atomic mass is 19.4. The van der Waals surface area contributed by atoms with Crippen molar-refractivity contribution in [2.24, 2.45) is 0 Å². The average Bonchev–Trinajstić information content (AvgIpc) is 3.44. The molecule has 0 aliphatic carbocycles. The summed E-state index contributed by atoms with van der Waals surface area (Å²) in [6.07, 6.45) is -1.10. The van der Waals surface area contributed by atoms with E-state index in [1.165, 1.54) is 12.1 Å². The lowest BCUT2D eigenvalue weighted by molar-refractivity contribution is -0.137. The number of hydrogen-bond acceptors (Lipinski definition) is 5. The third-order valence-electron chi connectivity index (χ3n) is 6.76. The van der Waals surface area contributed by atoms with Crippen LogP contribution in [0.3, 0.4) is 0 Å². The van der Waals surface area contributed by atoms with Gasteiger partial charge >= 0.3 is 6.18 Å². The first kappa shape index (κ1) is 24.3. The number of rotatable bonds is 7. The Bertz CT molecular complexity index is 978. The number of carbonyl (C=O) groups excluding carboxylic acids is 2. The van der Waals surface area contributed by atoms with Gasteiger partial charge in [0.25, 0.3) is 0 Å². The van der Waals surface area contributed by atoms with Crippen molar-refractivity contribution in [3.63, 3.8) is 0 Å². The fraction of sp³-hybridized carbons (Fsp3) is 0.500. The van der Waals surface area contributed by atoms with Gasteiger partial charge in [-0.15, -0.1) is 0 Å². The third kappa shape index (κ3) is 5.61. The Morgan fingerprint density at radius 2 is 2.00 bits per heavy atom. The van der Waals surface area contributed by atoms with Gasteiger partial charge in [0, 0.05) is 38.1 Å². The fourth-order valence-corrected chi connectivity index (χ4v) is 4.84. The van der Waals surface area contributed by atoms with Crippen LogP contribution in [0.4, 0.5) is 13.2 Å². The summed E-state index contributed by atoms with van der Waals surface area (Å²) in [4.78, 5) is 29.4. The molecular weight excluding hydrogens is 449 g/mol. The molecule has 2 aliphatic rings. The maximum absolute atomic E-state index is 12.9. The number of carbonyl (C=O) groups is 2. The smallest absolute Gasteiger partial charge is 0.416 e. The van der Waals surface area contributed by atoms with Gasteiger partial charge in [0.1, 0.15) is 11.8 Å². The van der Waals surface area contributed by atoms with Crippen LogP contribution >= 0.6 is 0 Å². The number of nitrogens with one attached hydrogen (secondary N) is 2. The maximum Gasteiger partial charge on any atom is 0.416 e. The van der Waals surface area contributed by atoms with Crippen LogP contribution in [0.25, 0.3) is 0 Å². The quantitative estimate of drug-likeness (QED) is 0.640. The van der Waals surface area contributed by atoms with E-state index in [2.05, 4.69) is 15.5 Å². The first-order chi connectivity index (χ1) is 16.2. The van der Waals surface area contributed by atoms with Gasteiger partial charge in [-0.2, -0.15) is 13.2 Å². The molecule has 0 unspecified atom stereocenters. The zero-order chi connectivity index (χ0) is 24.3. The Hall–Kier alpha value is -2.85. The van der Waals surface area contributed by atoms with Crippen LogP contribution in [-0.4, -0.2) is 59.9 Å². The fourth-order valence-electron chi connectivity index (χ4n) is 4.84. The highest BCUT2D eigenvalue weighted by molar-refractivity contribution is 5.83. The summed E-state index contributed by atoms with van der Waals surface area (Å²) in [5.74, 6) is 0.535. The second-order valence-corrected chi connectivity index (χ2v) is 8.93. The second-order valence-electron chi connectivity index (χ2n) is 8.93. The highest BCUT2D eigenvalue weighted by Gasteiger charge is 2.45. The predicted octanol–water partition coefficient (Wildman–Crippen LogP) is 2.77. The minimum Gasteiger partial charge on any atom is -0.467 e. The predicted molar refractivity (Wildman–Crippen MR) is 118 cm³/mol. The van der Waals surface area contributed by atoms with Crippen molar-refractivity contribution in [2.45, 2.75) is 56.7 Å². The molecule has 0 radical (unpaired) electrons. The summed E-state index contributed by atoms with van der Waals surface area (Å²) in [6, 6.07) is 8.27. The molecule has 1 aromatic heterocycles. The number of amides is 2. The summed E-state index contributed by atoms with van der Waals surface area (Å²) < 4.78 is 43.8. The van der Waals surface area contributed by atoms with E-state index < -0.39 is 11.7 Å². The van der Waals surface area contributed by atoms with Crippen LogP contribution in [0, 0.1) is 0 Å². The number of benzene rings is 1. The van der Waals surface area contributed by atoms with E-state index in [0.29, 0.717) is 44.8 Å². The lowest BCUT2D eigenvalue weighted by Crippen LogP contribution is -2.49. The molecule has 0 saturated carbocycles. The number of likely N-dealkylation sites (N-methyl/N-ethyl adjacent to an activating group) is 1. The van der Waals surface area contributed by atoms with Crippen molar-refractivity contribution in [1.82, 2.24) is 20.4 Å².